The number of carbonyl (C=O) groups excluding carboxylic acids is 1. The Hall–Kier alpha value is -2.50. The van der Waals surface area contributed by atoms with E-state index in [0.29, 0.717) is 6.07 Å². The molecule has 0 unspecified atom stereocenters. The van der Waals surface area contributed by atoms with Crippen molar-refractivity contribution < 1.29 is 18.0 Å². The third kappa shape index (κ3) is 2.59. The van der Waals surface area contributed by atoms with Crippen LogP contribution < -0.4 is 11.1 Å². The minimum Gasteiger partial charge on any atom is -0.396 e. The summed E-state index contributed by atoms with van der Waals surface area (Å²) in [6.07, 6.45) is 0. The first kappa shape index (κ1) is 13.9. The van der Waals surface area contributed by atoms with Crippen molar-refractivity contribution in [2.45, 2.75) is 6.92 Å². The first-order valence-electron chi connectivity index (χ1n) is 5.71. The average molecular weight is 280 g/mol. The number of aryl methyl sites for hydroxylation is 1. The van der Waals surface area contributed by atoms with Gasteiger partial charge in [0.05, 0.1) is 16.9 Å². The highest BCUT2D eigenvalue weighted by Gasteiger charge is 2.16. The van der Waals surface area contributed by atoms with Crippen LogP contribution in [-0.2, 0) is 0 Å². The second kappa shape index (κ2) is 5.24. The lowest BCUT2D eigenvalue weighted by atomic mass is 10.1. The Kier molecular flexibility index (Phi) is 3.65. The molecule has 1 amide bonds. The van der Waals surface area contributed by atoms with E-state index in [2.05, 4.69) is 5.32 Å². The van der Waals surface area contributed by atoms with Crippen molar-refractivity contribution in [3.05, 3.63) is 58.9 Å². The smallest absolute Gasteiger partial charge is 0.258 e. The standard InChI is InChI=1S/C14H11F3N2O/c1-7-3-2-4-8(13(7)17)14(20)19-12-6-11(18)9(15)5-10(12)16/h2-6H,18H2,1H3,(H,19,20). The predicted molar refractivity (Wildman–Crippen MR) is 69.9 cm³/mol. The first-order chi connectivity index (χ1) is 9.40. The van der Waals surface area contributed by atoms with Gasteiger partial charge < -0.3 is 11.1 Å². The van der Waals surface area contributed by atoms with Gasteiger partial charge in [-0.25, -0.2) is 13.2 Å². The number of amides is 1. The van der Waals surface area contributed by atoms with Gasteiger partial charge >= 0.3 is 0 Å². The lowest BCUT2D eigenvalue weighted by Crippen LogP contribution is -2.15. The van der Waals surface area contributed by atoms with Crippen molar-refractivity contribution in [2.75, 3.05) is 11.1 Å². The van der Waals surface area contributed by atoms with E-state index in [4.69, 9.17) is 5.73 Å². The highest BCUT2D eigenvalue weighted by atomic mass is 19.1. The van der Waals surface area contributed by atoms with Crippen LogP contribution in [0.5, 0.6) is 0 Å². The summed E-state index contributed by atoms with van der Waals surface area (Å²) in [6, 6.07) is 5.77. The molecular weight excluding hydrogens is 269 g/mol. The van der Waals surface area contributed by atoms with Gasteiger partial charge in [0.2, 0.25) is 0 Å². The summed E-state index contributed by atoms with van der Waals surface area (Å²) in [5.74, 6) is -3.45. The van der Waals surface area contributed by atoms with Crippen molar-refractivity contribution in [1.82, 2.24) is 0 Å². The van der Waals surface area contributed by atoms with Crippen molar-refractivity contribution in [2.24, 2.45) is 0 Å². The molecule has 6 heteroatoms. The number of anilines is 2. The third-order valence-corrected chi connectivity index (χ3v) is 2.77. The SMILES string of the molecule is Cc1cccc(C(=O)Nc2cc(N)c(F)cc2F)c1F. The van der Waals surface area contributed by atoms with E-state index in [0.717, 1.165) is 6.07 Å². The van der Waals surface area contributed by atoms with Crippen molar-refractivity contribution in [3.63, 3.8) is 0 Å². The fraction of sp³-hybridized carbons (Fsp3) is 0.0714. The van der Waals surface area contributed by atoms with Gasteiger partial charge in [-0.1, -0.05) is 12.1 Å². The molecule has 0 bridgehead atoms. The first-order valence-corrected chi connectivity index (χ1v) is 5.71. The molecule has 2 aromatic carbocycles. The number of nitrogens with one attached hydrogen (secondary N) is 1. The summed E-state index contributed by atoms with van der Waals surface area (Å²) in [4.78, 5) is 11.9. The van der Waals surface area contributed by atoms with E-state index >= 15 is 0 Å². The molecular formula is C14H11F3N2O. The molecule has 0 fully saturated rings. The molecule has 2 rings (SSSR count). The Balaban J connectivity index is 2.33. The molecule has 0 spiro atoms. The fourth-order valence-corrected chi connectivity index (χ4v) is 1.67. The Labute approximate surface area is 113 Å². The monoisotopic (exact) mass is 280 g/mol. The van der Waals surface area contributed by atoms with E-state index in [1.165, 1.54) is 25.1 Å². The van der Waals surface area contributed by atoms with Gasteiger partial charge in [-0.15, -0.1) is 0 Å². The van der Waals surface area contributed by atoms with Gasteiger partial charge in [0, 0.05) is 6.07 Å². The molecule has 2 aromatic rings. The molecule has 0 heterocycles. The minimum absolute atomic E-state index is 0.229. The van der Waals surface area contributed by atoms with Crippen LogP contribution in [0.25, 0.3) is 0 Å². The number of rotatable bonds is 2. The van der Waals surface area contributed by atoms with Crippen molar-refractivity contribution in [1.29, 1.82) is 0 Å². The maximum atomic E-state index is 13.8. The number of hydrogen-bond donors (Lipinski definition) is 2. The maximum Gasteiger partial charge on any atom is 0.258 e. The van der Waals surface area contributed by atoms with Crippen LogP contribution in [-0.4, -0.2) is 5.91 Å². The van der Waals surface area contributed by atoms with Gasteiger partial charge in [-0.05, 0) is 24.6 Å². The highest BCUT2D eigenvalue weighted by Crippen LogP contribution is 2.22. The second-order valence-corrected chi connectivity index (χ2v) is 4.24. The molecule has 0 aliphatic rings. The van der Waals surface area contributed by atoms with Crippen LogP contribution >= 0.6 is 0 Å². The summed E-state index contributed by atoms with van der Waals surface area (Å²) < 4.78 is 40.2. The summed E-state index contributed by atoms with van der Waals surface area (Å²) in [6.45, 7) is 1.50. The summed E-state index contributed by atoms with van der Waals surface area (Å²) in [5, 5.41) is 2.16. The zero-order chi connectivity index (χ0) is 14.9. The summed E-state index contributed by atoms with van der Waals surface area (Å²) in [7, 11) is 0. The average Bonchev–Trinajstić information content (AvgIpc) is 2.39. The van der Waals surface area contributed by atoms with E-state index in [1.54, 1.807) is 0 Å². The van der Waals surface area contributed by atoms with Crippen LogP contribution in [0.3, 0.4) is 0 Å². The number of hydrogen-bond acceptors (Lipinski definition) is 2. The number of benzene rings is 2. The number of halogens is 3. The summed E-state index contributed by atoms with van der Waals surface area (Å²) >= 11 is 0. The Morgan fingerprint density at radius 3 is 2.55 bits per heavy atom. The van der Waals surface area contributed by atoms with Crippen LogP contribution in [0.4, 0.5) is 24.5 Å². The number of nitrogens with two attached hydrogens (primary N) is 1. The van der Waals surface area contributed by atoms with Gasteiger partial charge in [0.1, 0.15) is 17.5 Å². The molecule has 20 heavy (non-hydrogen) atoms. The molecule has 0 saturated carbocycles. The van der Waals surface area contributed by atoms with Crippen molar-refractivity contribution >= 4 is 17.3 Å². The van der Waals surface area contributed by atoms with Crippen molar-refractivity contribution in [3.8, 4) is 0 Å². The van der Waals surface area contributed by atoms with Crippen LogP contribution in [0.15, 0.2) is 30.3 Å². The van der Waals surface area contributed by atoms with Crippen LogP contribution in [0.1, 0.15) is 15.9 Å². The summed E-state index contributed by atoms with van der Waals surface area (Å²) in [5.41, 5.74) is 4.73. The van der Waals surface area contributed by atoms with Crippen LogP contribution in [0, 0.1) is 24.4 Å². The highest BCUT2D eigenvalue weighted by molar-refractivity contribution is 6.04. The number of carbonyl (C=O) groups is 1. The quantitative estimate of drug-likeness (QED) is 0.830. The molecule has 0 aliphatic heterocycles. The lowest BCUT2D eigenvalue weighted by molar-refractivity contribution is 0.102. The van der Waals surface area contributed by atoms with Gasteiger partial charge in [-0.2, -0.15) is 0 Å². The number of nitrogen functional groups attached to an aromatic ring is 1. The van der Waals surface area contributed by atoms with E-state index < -0.39 is 23.4 Å². The van der Waals surface area contributed by atoms with Crippen LogP contribution in [0.2, 0.25) is 0 Å². The molecule has 104 valence electrons. The minimum atomic E-state index is -0.988. The predicted octanol–water partition coefficient (Wildman–Crippen LogP) is 3.25. The fourth-order valence-electron chi connectivity index (χ4n) is 1.67. The molecule has 0 atom stereocenters. The maximum absolute atomic E-state index is 13.8. The largest absolute Gasteiger partial charge is 0.396 e. The molecule has 3 nitrogen and oxygen atoms in total. The zero-order valence-corrected chi connectivity index (χ0v) is 10.5. The lowest BCUT2D eigenvalue weighted by Gasteiger charge is -2.09. The molecule has 0 aliphatic carbocycles. The molecule has 0 aromatic heterocycles. The second-order valence-electron chi connectivity index (χ2n) is 4.24. The van der Waals surface area contributed by atoms with Gasteiger partial charge in [-0.3, -0.25) is 4.79 Å². The van der Waals surface area contributed by atoms with Gasteiger partial charge in [0.25, 0.3) is 5.91 Å². The molecule has 0 radical (unpaired) electrons. The Morgan fingerprint density at radius 2 is 1.85 bits per heavy atom. The third-order valence-electron chi connectivity index (χ3n) is 2.77. The van der Waals surface area contributed by atoms with E-state index in [1.807, 2.05) is 0 Å². The van der Waals surface area contributed by atoms with E-state index in [-0.39, 0.29) is 22.5 Å². The van der Waals surface area contributed by atoms with Gasteiger partial charge in [0.15, 0.2) is 0 Å². The molecule has 0 saturated heterocycles. The zero-order valence-electron chi connectivity index (χ0n) is 10.5. The Morgan fingerprint density at radius 1 is 1.15 bits per heavy atom. The van der Waals surface area contributed by atoms with E-state index in [9.17, 15) is 18.0 Å². The topological polar surface area (TPSA) is 55.1 Å². The normalized spacial score (nSPS) is 10.4. The Bertz CT molecular complexity index is 686. The molecule has 3 N–H and O–H groups in total.